The fraction of sp³-hybridized carbons (Fsp3) is 0.417. The molecule has 0 aliphatic heterocycles. The van der Waals surface area contributed by atoms with E-state index in [2.05, 4.69) is 15.3 Å². The monoisotopic (exact) mass is 284 g/mol. The van der Waals surface area contributed by atoms with Crippen molar-refractivity contribution in [3.8, 4) is 0 Å². The van der Waals surface area contributed by atoms with Gasteiger partial charge in [-0.1, -0.05) is 11.2 Å². The lowest BCUT2D eigenvalue weighted by Gasteiger charge is -2.18. The zero-order chi connectivity index (χ0) is 15.0. The number of ether oxygens (including phenoxy) is 1. The van der Waals surface area contributed by atoms with Gasteiger partial charge >= 0.3 is 5.97 Å². The third-order valence-corrected chi connectivity index (χ3v) is 2.43. The predicted molar refractivity (Wildman–Crippen MR) is 67.7 cm³/mol. The van der Waals surface area contributed by atoms with Crippen LogP contribution in [-0.2, 0) is 9.53 Å². The first-order valence-corrected chi connectivity index (χ1v) is 5.96. The fourth-order valence-electron chi connectivity index (χ4n) is 1.62. The highest BCUT2D eigenvalue weighted by molar-refractivity contribution is 5.77. The predicted octanol–water partition coefficient (Wildman–Crippen LogP) is 2.47. The molecule has 108 valence electrons. The highest BCUT2D eigenvalue weighted by Gasteiger charge is 2.27. The standard InChI is InChI=1S/C12H14F2N4O2/c1-2-20-12(19)11(16-6-7-17-18-15)10-8(13)4-3-5-9(10)14/h3-5,11,16H,2,6-7H2,1H3. The summed E-state index contributed by atoms with van der Waals surface area (Å²) in [5.74, 6) is -2.49. The van der Waals surface area contributed by atoms with Gasteiger partial charge in [-0.2, -0.15) is 0 Å². The van der Waals surface area contributed by atoms with Crippen molar-refractivity contribution >= 4 is 5.97 Å². The van der Waals surface area contributed by atoms with Gasteiger partial charge in [-0.15, -0.1) is 0 Å². The zero-order valence-corrected chi connectivity index (χ0v) is 10.8. The molecule has 1 atom stereocenters. The van der Waals surface area contributed by atoms with E-state index in [1.54, 1.807) is 6.92 Å². The minimum atomic E-state index is -1.29. The highest BCUT2D eigenvalue weighted by Crippen LogP contribution is 2.21. The number of nitrogens with one attached hydrogen (secondary N) is 1. The first-order valence-electron chi connectivity index (χ1n) is 5.96. The lowest BCUT2D eigenvalue weighted by atomic mass is 10.1. The number of esters is 1. The van der Waals surface area contributed by atoms with Crippen molar-refractivity contribution in [2.24, 2.45) is 5.11 Å². The molecule has 0 radical (unpaired) electrons. The van der Waals surface area contributed by atoms with Crippen LogP contribution < -0.4 is 5.32 Å². The normalized spacial score (nSPS) is 11.6. The summed E-state index contributed by atoms with van der Waals surface area (Å²) in [4.78, 5) is 14.3. The van der Waals surface area contributed by atoms with Gasteiger partial charge in [0.05, 0.1) is 12.2 Å². The topological polar surface area (TPSA) is 87.1 Å². The van der Waals surface area contributed by atoms with Crippen LogP contribution in [0.15, 0.2) is 23.3 Å². The molecule has 0 saturated carbocycles. The summed E-state index contributed by atoms with van der Waals surface area (Å²) in [6.07, 6.45) is 0. The van der Waals surface area contributed by atoms with E-state index in [1.165, 1.54) is 6.07 Å². The second-order valence-corrected chi connectivity index (χ2v) is 3.73. The Labute approximate surface area is 114 Å². The van der Waals surface area contributed by atoms with Crippen molar-refractivity contribution < 1.29 is 18.3 Å². The number of nitrogens with zero attached hydrogens (tertiary/aromatic N) is 3. The molecule has 0 fully saturated rings. The Hall–Kier alpha value is -2.18. The van der Waals surface area contributed by atoms with Crippen molar-refractivity contribution in [2.75, 3.05) is 19.7 Å². The molecule has 0 aliphatic rings. The largest absolute Gasteiger partial charge is 0.465 e. The van der Waals surface area contributed by atoms with Crippen LogP contribution in [0.2, 0.25) is 0 Å². The molecule has 0 saturated heterocycles. The highest BCUT2D eigenvalue weighted by atomic mass is 19.1. The van der Waals surface area contributed by atoms with Crippen LogP contribution in [0.5, 0.6) is 0 Å². The molecule has 20 heavy (non-hydrogen) atoms. The Morgan fingerprint density at radius 2 is 2.15 bits per heavy atom. The number of azide groups is 1. The quantitative estimate of drug-likeness (QED) is 0.274. The molecule has 0 aromatic heterocycles. The van der Waals surface area contributed by atoms with Crippen molar-refractivity contribution in [3.05, 3.63) is 45.8 Å². The molecule has 1 rings (SSSR count). The minimum Gasteiger partial charge on any atom is -0.465 e. The Morgan fingerprint density at radius 1 is 1.50 bits per heavy atom. The zero-order valence-electron chi connectivity index (χ0n) is 10.8. The smallest absolute Gasteiger partial charge is 0.327 e. The van der Waals surface area contributed by atoms with E-state index in [0.717, 1.165) is 12.1 Å². The third-order valence-electron chi connectivity index (χ3n) is 2.43. The van der Waals surface area contributed by atoms with E-state index in [-0.39, 0.29) is 19.7 Å². The van der Waals surface area contributed by atoms with Crippen LogP contribution in [0.3, 0.4) is 0 Å². The van der Waals surface area contributed by atoms with Crippen LogP contribution in [0.1, 0.15) is 18.5 Å². The Bertz CT molecular complexity index is 498. The SMILES string of the molecule is CCOC(=O)C(NCCN=[N+]=[N-])c1c(F)cccc1F. The van der Waals surface area contributed by atoms with Gasteiger partial charge in [0.2, 0.25) is 0 Å². The third kappa shape index (κ3) is 4.18. The molecule has 0 amide bonds. The number of halogens is 2. The van der Waals surface area contributed by atoms with Gasteiger partial charge in [-0.05, 0) is 24.6 Å². The van der Waals surface area contributed by atoms with Crippen LogP contribution in [0.4, 0.5) is 8.78 Å². The van der Waals surface area contributed by atoms with Crippen molar-refractivity contribution in [3.63, 3.8) is 0 Å². The maximum absolute atomic E-state index is 13.7. The average Bonchev–Trinajstić information content (AvgIpc) is 2.41. The lowest BCUT2D eigenvalue weighted by molar-refractivity contribution is -0.146. The Balaban J connectivity index is 2.97. The van der Waals surface area contributed by atoms with Gasteiger partial charge < -0.3 is 10.1 Å². The molecule has 0 spiro atoms. The van der Waals surface area contributed by atoms with Gasteiger partial charge in [0.25, 0.3) is 0 Å². The van der Waals surface area contributed by atoms with E-state index in [1.807, 2.05) is 0 Å². The molecule has 0 bridgehead atoms. The molecular formula is C12H14F2N4O2. The number of carbonyl (C=O) groups is 1. The molecule has 0 aliphatic carbocycles. The van der Waals surface area contributed by atoms with Crippen molar-refractivity contribution in [1.29, 1.82) is 0 Å². The Morgan fingerprint density at radius 3 is 2.70 bits per heavy atom. The lowest BCUT2D eigenvalue weighted by Crippen LogP contribution is -2.33. The first-order chi connectivity index (χ1) is 9.61. The maximum Gasteiger partial charge on any atom is 0.327 e. The summed E-state index contributed by atoms with van der Waals surface area (Å²) in [5, 5.41) is 5.88. The maximum atomic E-state index is 13.7. The van der Waals surface area contributed by atoms with Crippen LogP contribution in [0, 0.1) is 11.6 Å². The van der Waals surface area contributed by atoms with Crippen LogP contribution >= 0.6 is 0 Å². The van der Waals surface area contributed by atoms with Crippen LogP contribution in [0.25, 0.3) is 10.4 Å². The summed E-state index contributed by atoms with van der Waals surface area (Å²) in [7, 11) is 0. The van der Waals surface area contributed by atoms with Gasteiger partial charge in [0, 0.05) is 18.0 Å². The van der Waals surface area contributed by atoms with Crippen LogP contribution in [-0.4, -0.2) is 25.7 Å². The molecule has 8 heteroatoms. The van der Waals surface area contributed by atoms with Crippen molar-refractivity contribution in [2.45, 2.75) is 13.0 Å². The summed E-state index contributed by atoms with van der Waals surface area (Å²) < 4.78 is 32.2. The Kier molecular flexibility index (Phi) is 6.42. The number of hydrogen-bond donors (Lipinski definition) is 1. The molecule has 1 aromatic rings. The second-order valence-electron chi connectivity index (χ2n) is 3.73. The summed E-state index contributed by atoms with van der Waals surface area (Å²) in [6.45, 7) is 1.81. The van der Waals surface area contributed by atoms with Gasteiger partial charge in [-0.25, -0.2) is 13.6 Å². The first kappa shape index (κ1) is 15.9. The summed E-state index contributed by atoms with van der Waals surface area (Å²) in [6, 6.07) is 2.03. The van der Waals surface area contributed by atoms with Gasteiger partial charge in [-0.3, -0.25) is 0 Å². The molecule has 1 unspecified atom stereocenters. The van der Waals surface area contributed by atoms with E-state index in [4.69, 9.17) is 10.3 Å². The molecule has 1 N–H and O–H groups in total. The number of rotatable bonds is 7. The fourth-order valence-corrected chi connectivity index (χ4v) is 1.62. The van der Waals surface area contributed by atoms with Gasteiger partial charge in [0.15, 0.2) is 0 Å². The second kappa shape index (κ2) is 8.08. The van der Waals surface area contributed by atoms with E-state index < -0.39 is 29.2 Å². The number of hydrogen-bond acceptors (Lipinski definition) is 4. The summed E-state index contributed by atoms with van der Waals surface area (Å²) >= 11 is 0. The number of carbonyl (C=O) groups excluding carboxylic acids is 1. The van der Waals surface area contributed by atoms with Gasteiger partial charge in [0.1, 0.15) is 17.7 Å². The summed E-state index contributed by atoms with van der Waals surface area (Å²) in [5.41, 5.74) is 7.74. The molecular weight excluding hydrogens is 270 g/mol. The number of benzene rings is 1. The van der Waals surface area contributed by atoms with Crippen molar-refractivity contribution in [1.82, 2.24) is 5.32 Å². The molecule has 1 aromatic carbocycles. The van der Waals surface area contributed by atoms with E-state index in [0.29, 0.717) is 0 Å². The molecule has 6 nitrogen and oxygen atoms in total. The van der Waals surface area contributed by atoms with E-state index in [9.17, 15) is 13.6 Å². The molecule has 0 heterocycles. The van der Waals surface area contributed by atoms with E-state index >= 15 is 0 Å². The average molecular weight is 284 g/mol. The minimum absolute atomic E-state index is 0.0441.